The van der Waals surface area contributed by atoms with Crippen molar-refractivity contribution in [3.05, 3.63) is 76.4 Å². The minimum Gasteiger partial charge on any atom is -0.497 e. The Morgan fingerprint density at radius 2 is 1.75 bits per heavy atom. The summed E-state index contributed by atoms with van der Waals surface area (Å²) in [6, 6.07) is 19.3. The average Bonchev–Trinajstić information content (AvgIpc) is 2.60. The lowest BCUT2D eigenvalue weighted by molar-refractivity contribution is 0.414. The van der Waals surface area contributed by atoms with Crippen LogP contribution in [0.1, 0.15) is 5.56 Å². The second-order valence-electron chi connectivity index (χ2n) is 5.28. The third-order valence-corrected chi connectivity index (χ3v) is 4.01. The number of halogens is 2. The number of aromatic nitrogens is 1. The molecule has 0 radical (unpaired) electrons. The molecule has 24 heavy (non-hydrogen) atoms. The molecule has 3 nitrogen and oxygen atoms in total. The molecule has 1 aromatic heterocycles. The SMILES string of the molecule is COc1ccc(CNc2cc(-c3cccc(Cl)c3)cc(Cl)n2)cc1. The smallest absolute Gasteiger partial charge is 0.132 e. The zero-order valence-corrected chi connectivity index (χ0v) is 14.6. The van der Waals surface area contributed by atoms with Crippen LogP contribution in [0.25, 0.3) is 11.1 Å². The lowest BCUT2D eigenvalue weighted by atomic mass is 10.1. The van der Waals surface area contributed by atoms with Crippen molar-refractivity contribution in [2.24, 2.45) is 0 Å². The molecule has 0 aliphatic heterocycles. The largest absolute Gasteiger partial charge is 0.497 e. The fourth-order valence-corrected chi connectivity index (χ4v) is 2.76. The lowest BCUT2D eigenvalue weighted by Crippen LogP contribution is -2.01. The molecule has 0 amide bonds. The number of rotatable bonds is 5. The maximum atomic E-state index is 6.16. The molecule has 0 aliphatic carbocycles. The van der Waals surface area contributed by atoms with Crippen molar-refractivity contribution < 1.29 is 4.74 Å². The van der Waals surface area contributed by atoms with Crippen molar-refractivity contribution >= 4 is 29.0 Å². The van der Waals surface area contributed by atoms with Gasteiger partial charge in [-0.25, -0.2) is 4.98 Å². The maximum Gasteiger partial charge on any atom is 0.132 e. The first-order chi connectivity index (χ1) is 11.6. The third-order valence-electron chi connectivity index (χ3n) is 3.58. The lowest BCUT2D eigenvalue weighted by Gasteiger charge is -2.10. The van der Waals surface area contributed by atoms with Gasteiger partial charge in [0.15, 0.2) is 0 Å². The third kappa shape index (κ3) is 4.19. The Hall–Kier alpha value is -2.23. The number of hydrogen-bond acceptors (Lipinski definition) is 3. The van der Waals surface area contributed by atoms with E-state index < -0.39 is 0 Å². The van der Waals surface area contributed by atoms with E-state index in [2.05, 4.69) is 10.3 Å². The number of hydrogen-bond donors (Lipinski definition) is 1. The van der Waals surface area contributed by atoms with Crippen LogP contribution in [-0.2, 0) is 6.54 Å². The van der Waals surface area contributed by atoms with E-state index in [0.717, 1.165) is 22.4 Å². The maximum absolute atomic E-state index is 6.16. The van der Waals surface area contributed by atoms with Crippen molar-refractivity contribution in [3.63, 3.8) is 0 Å². The molecular formula is C19H16Cl2N2O. The molecule has 3 aromatic rings. The van der Waals surface area contributed by atoms with Crippen LogP contribution in [0.3, 0.4) is 0 Å². The van der Waals surface area contributed by atoms with Crippen LogP contribution in [-0.4, -0.2) is 12.1 Å². The summed E-state index contributed by atoms with van der Waals surface area (Å²) in [7, 11) is 1.65. The minimum atomic E-state index is 0.435. The van der Waals surface area contributed by atoms with E-state index in [4.69, 9.17) is 27.9 Å². The van der Waals surface area contributed by atoms with Crippen molar-refractivity contribution in [1.82, 2.24) is 4.98 Å². The number of ether oxygens (including phenoxy) is 1. The van der Waals surface area contributed by atoms with Crippen LogP contribution >= 0.6 is 23.2 Å². The Morgan fingerprint density at radius 3 is 2.46 bits per heavy atom. The Balaban J connectivity index is 1.78. The Kier molecular flexibility index (Phi) is 5.24. The quantitative estimate of drug-likeness (QED) is 0.596. The molecule has 0 atom stereocenters. The molecule has 3 rings (SSSR count). The molecule has 0 saturated heterocycles. The van der Waals surface area contributed by atoms with Gasteiger partial charge in [-0.3, -0.25) is 0 Å². The Labute approximate surface area is 151 Å². The number of pyridine rings is 1. The van der Waals surface area contributed by atoms with E-state index >= 15 is 0 Å². The summed E-state index contributed by atoms with van der Waals surface area (Å²) < 4.78 is 5.16. The van der Waals surface area contributed by atoms with Crippen LogP contribution < -0.4 is 10.1 Å². The van der Waals surface area contributed by atoms with Gasteiger partial charge < -0.3 is 10.1 Å². The van der Waals surface area contributed by atoms with Gasteiger partial charge in [-0.05, 0) is 53.1 Å². The normalized spacial score (nSPS) is 10.5. The van der Waals surface area contributed by atoms with Crippen LogP contribution in [0.2, 0.25) is 10.2 Å². The van der Waals surface area contributed by atoms with Gasteiger partial charge in [0.2, 0.25) is 0 Å². The van der Waals surface area contributed by atoms with Gasteiger partial charge >= 0.3 is 0 Å². The molecule has 0 bridgehead atoms. The molecule has 5 heteroatoms. The van der Waals surface area contributed by atoms with Crippen LogP contribution in [0.5, 0.6) is 5.75 Å². The van der Waals surface area contributed by atoms with Crippen LogP contribution in [0.15, 0.2) is 60.7 Å². The predicted octanol–water partition coefficient (Wildman–Crippen LogP) is 5.68. The highest BCUT2D eigenvalue weighted by Crippen LogP contribution is 2.27. The molecule has 0 aliphatic rings. The van der Waals surface area contributed by atoms with Gasteiger partial charge in [0.05, 0.1) is 7.11 Å². The van der Waals surface area contributed by atoms with E-state index in [1.165, 1.54) is 0 Å². The first-order valence-electron chi connectivity index (χ1n) is 7.44. The molecule has 0 saturated carbocycles. The molecule has 122 valence electrons. The highest BCUT2D eigenvalue weighted by molar-refractivity contribution is 6.31. The van der Waals surface area contributed by atoms with E-state index in [1.807, 2.05) is 60.7 Å². The minimum absolute atomic E-state index is 0.435. The van der Waals surface area contributed by atoms with Gasteiger partial charge in [0, 0.05) is 11.6 Å². The fraction of sp³-hybridized carbons (Fsp3) is 0.105. The number of anilines is 1. The average molecular weight is 359 g/mol. The second-order valence-corrected chi connectivity index (χ2v) is 6.10. The molecule has 1 heterocycles. The standard InChI is InChI=1S/C19H16Cl2N2O/c1-24-17-7-5-13(6-8-17)12-22-19-11-15(10-18(21)23-19)14-3-2-4-16(20)9-14/h2-11H,12H2,1H3,(H,22,23). The van der Waals surface area contributed by atoms with Crippen molar-refractivity contribution in [1.29, 1.82) is 0 Å². The summed E-state index contributed by atoms with van der Waals surface area (Å²) in [5, 5.41) is 4.42. The van der Waals surface area contributed by atoms with Crippen molar-refractivity contribution in [2.75, 3.05) is 12.4 Å². The van der Waals surface area contributed by atoms with E-state index in [0.29, 0.717) is 22.5 Å². The van der Waals surface area contributed by atoms with Crippen LogP contribution in [0.4, 0.5) is 5.82 Å². The summed E-state index contributed by atoms with van der Waals surface area (Å²) in [6.07, 6.45) is 0. The number of nitrogens with zero attached hydrogens (tertiary/aromatic N) is 1. The van der Waals surface area contributed by atoms with E-state index in [1.54, 1.807) is 7.11 Å². The summed E-state index contributed by atoms with van der Waals surface area (Å²) in [5.74, 6) is 1.55. The van der Waals surface area contributed by atoms with Gasteiger partial charge in [0.25, 0.3) is 0 Å². The van der Waals surface area contributed by atoms with Gasteiger partial charge in [-0.15, -0.1) is 0 Å². The molecule has 2 aromatic carbocycles. The van der Waals surface area contributed by atoms with Gasteiger partial charge in [-0.1, -0.05) is 47.5 Å². The first-order valence-corrected chi connectivity index (χ1v) is 8.20. The Morgan fingerprint density at radius 1 is 0.958 bits per heavy atom. The van der Waals surface area contributed by atoms with Crippen molar-refractivity contribution in [2.45, 2.75) is 6.54 Å². The van der Waals surface area contributed by atoms with Gasteiger partial charge in [0.1, 0.15) is 16.7 Å². The van der Waals surface area contributed by atoms with E-state index in [9.17, 15) is 0 Å². The fourth-order valence-electron chi connectivity index (χ4n) is 2.36. The monoisotopic (exact) mass is 358 g/mol. The zero-order valence-electron chi connectivity index (χ0n) is 13.1. The van der Waals surface area contributed by atoms with Crippen LogP contribution in [0, 0.1) is 0 Å². The molecule has 0 unspecified atom stereocenters. The summed E-state index contributed by atoms with van der Waals surface area (Å²) in [4.78, 5) is 4.33. The summed E-state index contributed by atoms with van der Waals surface area (Å²) in [6.45, 7) is 0.645. The molecule has 0 fully saturated rings. The first kappa shape index (κ1) is 16.6. The predicted molar refractivity (Wildman–Crippen MR) is 100 cm³/mol. The molecule has 1 N–H and O–H groups in total. The number of benzene rings is 2. The number of nitrogens with one attached hydrogen (secondary N) is 1. The van der Waals surface area contributed by atoms with Gasteiger partial charge in [-0.2, -0.15) is 0 Å². The number of methoxy groups -OCH3 is 1. The summed E-state index contributed by atoms with van der Waals surface area (Å²) >= 11 is 12.2. The highest BCUT2D eigenvalue weighted by atomic mass is 35.5. The highest BCUT2D eigenvalue weighted by Gasteiger charge is 2.05. The second kappa shape index (κ2) is 7.56. The topological polar surface area (TPSA) is 34.1 Å². The summed E-state index contributed by atoms with van der Waals surface area (Å²) in [5.41, 5.74) is 3.09. The zero-order chi connectivity index (χ0) is 16.9. The van der Waals surface area contributed by atoms with Crippen molar-refractivity contribution in [3.8, 4) is 16.9 Å². The van der Waals surface area contributed by atoms with E-state index in [-0.39, 0.29) is 0 Å². The molecule has 0 spiro atoms. The Bertz CT molecular complexity index is 835. The molecular weight excluding hydrogens is 343 g/mol.